The maximum atomic E-state index is 11.3. The summed E-state index contributed by atoms with van der Waals surface area (Å²) in [5, 5.41) is 6.98. The van der Waals surface area contributed by atoms with Gasteiger partial charge in [0.25, 0.3) is 0 Å². The van der Waals surface area contributed by atoms with E-state index in [9.17, 15) is 4.79 Å². The van der Waals surface area contributed by atoms with Crippen molar-refractivity contribution < 1.29 is 9.53 Å². The molecule has 0 spiro atoms. The summed E-state index contributed by atoms with van der Waals surface area (Å²) >= 11 is 8.46. The monoisotopic (exact) mass is 508 g/mol. The van der Waals surface area contributed by atoms with E-state index < -0.39 is 0 Å². The Hall–Kier alpha value is -2.71. The van der Waals surface area contributed by atoms with Crippen LogP contribution in [-0.2, 0) is 11.3 Å². The molecule has 0 bridgehead atoms. The van der Waals surface area contributed by atoms with Crippen molar-refractivity contribution in [3.63, 3.8) is 0 Å². The van der Waals surface area contributed by atoms with E-state index in [1.807, 2.05) is 24.3 Å². The van der Waals surface area contributed by atoms with Crippen LogP contribution in [0.4, 0.5) is 5.69 Å². The van der Waals surface area contributed by atoms with Gasteiger partial charge in [-0.1, -0.05) is 54.1 Å². The van der Waals surface area contributed by atoms with Gasteiger partial charge in [-0.05, 0) is 66.7 Å². The average molecular weight is 509 g/mol. The SMILES string of the molecule is O=C1CCC(CNCCCOc2cccc(-c3cccc(NN4Cc5ccccc5S4)c3)c2Cl)N1. The Balaban J connectivity index is 1.14. The number of anilines is 1. The summed E-state index contributed by atoms with van der Waals surface area (Å²) in [5.41, 5.74) is 7.82. The quantitative estimate of drug-likeness (QED) is 0.248. The van der Waals surface area contributed by atoms with Crippen LogP contribution >= 0.6 is 23.5 Å². The van der Waals surface area contributed by atoms with Crippen LogP contribution in [0.15, 0.2) is 71.6 Å². The highest BCUT2D eigenvalue weighted by atomic mass is 35.5. The predicted octanol–water partition coefficient (Wildman–Crippen LogP) is 5.49. The van der Waals surface area contributed by atoms with Gasteiger partial charge in [-0.3, -0.25) is 4.79 Å². The van der Waals surface area contributed by atoms with Crippen LogP contribution in [-0.4, -0.2) is 36.1 Å². The summed E-state index contributed by atoms with van der Waals surface area (Å²) in [6.07, 6.45) is 2.40. The number of hydrazine groups is 1. The second kappa shape index (κ2) is 11.4. The molecule has 3 aromatic rings. The summed E-state index contributed by atoms with van der Waals surface area (Å²) in [4.78, 5) is 12.5. The van der Waals surface area contributed by atoms with Gasteiger partial charge < -0.3 is 20.8 Å². The van der Waals surface area contributed by atoms with Crippen molar-refractivity contribution in [2.24, 2.45) is 0 Å². The minimum Gasteiger partial charge on any atom is -0.492 e. The van der Waals surface area contributed by atoms with Crippen LogP contribution in [0.2, 0.25) is 5.02 Å². The van der Waals surface area contributed by atoms with Crippen molar-refractivity contribution in [1.82, 2.24) is 15.0 Å². The highest BCUT2D eigenvalue weighted by molar-refractivity contribution is 7.97. The molecule has 1 fully saturated rings. The molecule has 1 amide bonds. The first-order valence-corrected chi connectivity index (χ1v) is 13.1. The first-order chi connectivity index (χ1) is 17.2. The van der Waals surface area contributed by atoms with Gasteiger partial charge in [0.05, 0.1) is 23.9 Å². The number of benzene rings is 3. The molecule has 3 N–H and O–H groups in total. The topological polar surface area (TPSA) is 65.6 Å². The van der Waals surface area contributed by atoms with E-state index in [-0.39, 0.29) is 11.9 Å². The first-order valence-electron chi connectivity index (χ1n) is 12.0. The highest BCUT2D eigenvalue weighted by Crippen LogP contribution is 2.38. The fourth-order valence-electron chi connectivity index (χ4n) is 4.32. The molecular formula is C27H29ClN4O2S. The number of carbonyl (C=O) groups excluding carboxylic acids is 1. The number of carbonyl (C=O) groups is 1. The van der Waals surface area contributed by atoms with Gasteiger partial charge in [-0.25, -0.2) is 0 Å². The van der Waals surface area contributed by atoms with E-state index in [4.69, 9.17) is 16.3 Å². The largest absolute Gasteiger partial charge is 0.492 e. The highest BCUT2D eigenvalue weighted by Gasteiger charge is 2.20. The maximum Gasteiger partial charge on any atom is 0.220 e. The van der Waals surface area contributed by atoms with Crippen LogP contribution in [0.1, 0.15) is 24.8 Å². The van der Waals surface area contributed by atoms with Crippen molar-refractivity contribution in [2.45, 2.75) is 36.7 Å². The normalized spacial score (nSPS) is 17.3. The summed E-state index contributed by atoms with van der Waals surface area (Å²) in [7, 11) is 0. The van der Waals surface area contributed by atoms with Crippen LogP contribution in [0.5, 0.6) is 5.75 Å². The number of halogens is 1. The molecule has 0 aliphatic carbocycles. The average Bonchev–Trinajstić information content (AvgIpc) is 3.47. The number of ether oxygens (including phenoxy) is 1. The summed E-state index contributed by atoms with van der Waals surface area (Å²) in [6.45, 7) is 3.05. The number of hydrogen-bond donors (Lipinski definition) is 3. The molecule has 2 aliphatic rings. The van der Waals surface area contributed by atoms with E-state index in [0.717, 1.165) is 49.3 Å². The summed E-state index contributed by atoms with van der Waals surface area (Å²) in [5.74, 6) is 0.840. The molecule has 35 heavy (non-hydrogen) atoms. The third-order valence-corrected chi connectivity index (χ3v) is 7.54. The molecule has 8 heteroatoms. The zero-order chi connectivity index (χ0) is 24.0. The van der Waals surface area contributed by atoms with Gasteiger partial charge in [-0.2, -0.15) is 4.41 Å². The summed E-state index contributed by atoms with van der Waals surface area (Å²) < 4.78 is 8.13. The van der Waals surface area contributed by atoms with Crippen LogP contribution in [0.3, 0.4) is 0 Å². The molecule has 5 rings (SSSR count). The molecule has 0 radical (unpaired) electrons. The third kappa shape index (κ3) is 6.11. The molecule has 2 aliphatic heterocycles. The first kappa shape index (κ1) is 24.0. The number of rotatable bonds is 10. The Labute approximate surface area is 215 Å². The molecule has 0 saturated carbocycles. The van der Waals surface area contributed by atoms with Crippen LogP contribution in [0, 0.1) is 0 Å². The second-order valence-electron chi connectivity index (χ2n) is 8.76. The molecule has 1 atom stereocenters. The lowest BCUT2D eigenvalue weighted by molar-refractivity contribution is -0.119. The number of hydrogen-bond acceptors (Lipinski definition) is 6. The maximum absolute atomic E-state index is 11.3. The number of amides is 1. The molecule has 0 aromatic heterocycles. The molecule has 2 heterocycles. The molecule has 1 saturated heterocycles. The Morgan fingerprint density at radius 3 is 2.86 bits per heavy atom. The van der Waals surface area contributed by atoms with Gasteiger partial charge in [0, 0.05) is 29.5 Å². The van der Waals surface area contributed by atoms with E-state index >= 15 is 0 Å². The number of fused-ring (bicyclic) bond motifs is 1. The molecule has 3 aromatic carbocycles. The van der Waals surface area contributed by atoms with Crippen molar-refractivity contribution in [3.8, 4) is 16.9 Å². The van der Waals surface area contributed by atoms with E-state index in [2.05, 4.69) is 62.9 Å². The summed E-state index contributed by atoms with van der Waals surface area (Å²) in [6, 6.07) is 22.9. The fraction of sp³-hybridized carbons (Fsp3) is 0.296. The van der Waals surface area contributed by atoms with Gasteiger partial charge >= 0.3 is 0 Å². The minimum absolute atomic E-state index is 0.150. The van der Waals surface area contributed by atoms with E-state index in [1.165, 1.54) is 10.5 Å². The minimum atomic E-state index is 0.150. The predicted molar refractivity (Wildman–Crippen MR) is 142 cm³/mol. The van der Waals surface area contributed by atoms with Crippen LogP contribution in [0.25, 0.3) is 11.1 Å². The number of nitrogens with one attached hydrogen (secondary N) is 3. The van der Waals surface area contributed by atoms with E-state index in [1.54, 1.807) is 11.9 Å². The Morgan fingerprint density at radius 1 is 1.11 bits per heavy atom. The lowest BCUT2D eigenvalue weighted by atomic mass is 10.0. The fourth-order valence-corrected chi connectivity index (χ4v) is 5.59. The van der Waals surface area contributed by atoms with Crippen molar-refractivity contribution in [1.29, 1.82) is 0 Å². The number of nitrogens with zero attached hydrogens (tertiary/aromatic N) is 1. The zero-order valence-electron chi connectivity index (χ0n) is 19.4. The lowest BCUT2D eigenvalue weighted by Gasteiger charge is -2.17. The molecule has 1 unspecified atom stereocenters. The molecular weight excluding hydrogens is 480 g/mol. The molecule has 182 valence electrons. The van der Waals surface area contributed by atoms with Crippen molar-refractivity contribution in [2.75, 3.05) is 25.1 Å². The van der Waals surface area contributed by atoms with Crippen molar-refractivity contribution in [3.05, 3.63) is 77.3 Å². The zero-order valence-corrected chi connectivity index (χ0v) is 21.0. The smallest absolute Gasteiger partial charge is 0.220 e. The van der Waals surface area contributed by atoms with E-state index in [0.29, 0.717) is 23.8 Å². The van der Waals surface area contributed by atoms with Gasteiger partial charge in [0.15, 0.2) is 0 Å². The Bertz CT molecular complexity index is 1170. The standard InChI is InChI=1S/C27H29ClN4O2S/c28-27-23(9-4-10-24(27)34-15-5-14-29-17-22-12-13-26(33)30-22)19-7-3-8-21(16-19)31-32-18-20-6-1-2-11-25(20)35-32/h1-4,6-11,16,22,29,31H,5,12-15,17-18H2,(H,30,33). The van der Waals surface area contributed by atoms with Gasteiger partial charge in [0.2, 0.25) is 5.91 Å². The third-order valence-electron chi connectivity index (χ3n) is 6.12. The van der Waals surface area contributed by atoms with Gasteiger partial charge in [0.1, 0.15) is 5.75 Å². The van der Waals surface area contributed by atoms with Gasteiger partial charge in [-0.15, -0.1) is 0 Å². The van der Waals surface area contributed by atoms with Crippen molar-refractivity contribution >= 4 is 35.1 Å². The van der Waals surface area contributed by atoms with Crippen LogP contribution < -0.4 is 20.8 Å². The Kier molecular flexibility index (Phi) is 7.79. The molecule has 6 nitrogen and oxygen atoms in total. The lowest BCUT2D eigenvalue weighted by Crippen LogP contribution is -2.36. The second-order valence-corrected chi connectivity index (χ2v) is 10.2. The Morgan fingerprint density at radius 2 is 2.00 bits per heavy atom.